The van der Waals surface area contributed by atoms with Crippen LogP contribution in [0, 0.1) is 6.57 Å². The Bertz CT molecular complexity index is 1040. The van der Waals surface area contributed by atoms with Gasteiger partial charge in [-0.15, -0.1) is 23.1 Å². The van der Waals surface area contributed by atoms with E-state index >= 15 is 0 Å². The van der Waals surface area contributed by atoms with Crippen molar-refractivity contribution in [3.8, 4) is 16.9 Å². The summed E-state index contributed by atoms with van der Waals surface area (Å²) in [5, 5.41) is 0.585. The van der Waals surface area contributed by atoms with Crippen molar-refractivity contribution in [2.75, 3.05) is 7.11 Å². The molecule has 3 nitrogen and oxygen atoms in total. The molecule has 0 aliphatic carbocycles. The van der Waals surface area contributed by atoms with Gasteiger partial charge in [-0.1, -0.05) is 42.8 Å². The standard InChI is InChI=1S/C22H18ClNO2S2/c1-4-18(25)21-19(15-6-5-7-16(23)12-15)20(24-2)22(28-21)27-13-14-8-10-17(26-3)11-9-14/h5-12H,4,13H2,1,3H3. The fraction of sp³-hybridized carbons (Fsp3) is 0.182. The molecule has 0 saturated heterocycles. The molecule has 28 heavy (non-hydrogen) atoms. The van der Waals surface area contributed by atoms with E-state index in [1.54, 1.807) is 24.9 Å². The lowest BCUT2D eigenvalue weighted by Crippen LogP contribution is -1.95. The second-order valence-corrected chi connectivity index (χ2v) is 8.68. The molecular weight excluding hydrogens is 410 g/mol. The smallest absolute Gasteiger partial charge is 0.219 e. The van der Waals surface area contributed by atoms with Crippen molar-refractivity contribution in [1.29, 1.82) is 0 Å². The molecule has 3 aromatic rings. The third kappa shape index (κ3) is 4.41. The quantitative estimate of drug-likeness (QED) is 0.222. The van der Waals surface area contributed by atoms with Crippen molar-refractivity contribution < 1.29 is 9.53 Å². The number of carbonyl (C=O) groups is 1. The van der Waals surface area contributed by atoms with Crippen LogP contribution in [0.15, 0.2) is 52.7 Å². The number of ether oxygens (including phenoxy) is 1. The van der Waals surface area contributed by atoms with E-state index in [1.807, 2.05) is 49.4 Å². The maximum Gasteiger partial charge on any atom is 0.219 e. The van der Waals surface area contributed by atoms with E-state index < -0.39 is 0 Å². The predicted molar refractivity (Wildman–Crippen MR) is 118 cm³/mol. The molecule has 0 radical (unpaired) electrons. The molecule has 142 valence electrons. The molecule has 0 amide bonds. The predicted octanol–water partition coefficient (Wildman–Crippen LogP) is 7.51. The van der Waals surface area contributed by atoms with Crippen LogP contribution >= 0.6 is 34.7 Å². The second-order valence-electron chi connectivity index (χ2n) is 5.98. The van der Waals surface area contributed by atoms with E-state index in [2.05, 4.69) is 4.85 Å². The molecule has 6 heteroatoms. The number of halogens is 1. The average Bonchev–Trinajstić information content (AvgIpc) is 3.10. The number of benzene rings is 2. The van der Waals surface area contributed by atoms with Gasteiger partial charge < -0.3 is 4.74 Å². The molecule has 0 unspecified atom stereocenters. The molecule has 0 N–H and O–H groups in total. The van der Waals surface area contributed by atoms with Crippen LogP contribution in [0.3, 0.4) is 0 Å². The Balaban J connectivity index is 1.99. The molecule has 0 fully saturated rings. The summed E-state index contributed by atoms with van der Waals surface area (Å²) in [5.74, 6) is 1.56. The van der Waals surface area contributed by atoms with Crippen LogP contribution in [-0.2, 0) is 5.75 Å². The topological polar surface area (TPSA) is 30.7 Å². The zero-order chi connectivity index (χ0) is 20.1. The summed E-state index contributed by atoms with van der Waals surface area (Å²) in [6.45, 7) is 9.57. The number of hydrogen-bond acceptors (Lipinski definition) is 4. The normalized spacial score (nSPS) is 10.5. The summed E-state index contributed by atoms with van der Waals surface area (Å²) < 4.78 is 6.05. The minimum atomic E-state index is 0.0428. The second kappa shape index (κ2) is 9.29. The van der Waals surface area contributed by atoms with Gasteiger partial charge in [-0.05, 0) is 35.4 Å². The van der Waals surface area contributed by atoms with E-state index in [4.69, 9.17) is 22.9 Å². The van der Waals surface area contributed by atoms with Gasteiger partial charge in [0, 0.05) is 22.8 Å². The third-order valence-electron chi connectivity index (χ3n) is 4.18. The Morgan fingerprint density at radius 3 is 2.61 bits per heavy atom. The van der Waals surface area contributed by atoms with E-state index in [0.29, 0.717) is 33.3 Å². The summed E-state index contributed by atoms with van der Waals surface area (Å²) in [6.07, 6.45) is 0.397. The maximum atomic E-state index is 12.6. The molecule has 1 heterocycles. The van der Waals surface area contributed by atoms with Gasteiger partial charge in [0.05, 0.1) is 22.8 Å². The average molecular weight is 428 g/mol. The summed E-state index contributed by atoms with van der Waals surface area (Å²) in [4.78, 5) is 17.0. The lowest BCUT2D eigenvalue weighted by molar-refractivity contribution is 0.0992. The summed E-state index contributed by atoms with van der Waals surface area (Å²) in [5.41, 5.74) is 3.17. The van der Waals surface area contributed by atoms with Crippen molar-refractivity contribution in [3.05, 3.63) is 75.4 Å². The monoisotopic (exact) mass is 427 g/mol. The Hall–Kier alpha value is -2.26. The highest BCUT2D eigenvalue weighted by Crippen LogP contribution is 2.49. The van der Waals surface area contributed by atoms with Crippen molar-refractivity contribution in [2.45, 2.75) is 23.3 Å². The lowest BCUT2D eigenvalue weighted by Gasteiger charge is -2.05. The Morgan fingerprint density at radius 2 is 2.00 bits per heavy atom. The molecule has 0 saturated carbocycles. The lowest BCUT2D eigenvalue weighted by atomic mass is 10.0. The van der Waals surface area contributed by atoms with E-state index in [0.717, 1.165) is 21.1 Å². The number of thioether (sulfide) groups is 1. The minimum Gasteiger partial charge on any atom is -0.497 e. The van der Waals surface area contributed by atoms with Crippen LogP contribution in [0.4, 0.5) is 5.69 Å². The molecule has 0 aliphatic heterocycles. The maximum absolute atomic E-state index is 12.6. The van der Waals surface area contributed by atoms with Crippen molar-refractivity contribution >= 4 is 46.2 Å². The SMILES string of the molecule is [C-]#[N+]c1c(SCc2ccc(OC)cc2)sc(C(=O)CC)c1-c1cccc(Cl)c1. The Kier molecular flexibility index (Phi) is 6.79. The molecule has 2 aromatic carbocycles. The number of carbonyl (C=O) groups excluding carboxylic acids is 1. The first kappa shape index (κ1) is 20.5. The van der Waals surface area contributed by atoms with Crippen molar-refractivity contribution in [1.82, 2.24) is 0 Å². The molecular formula is C22H18ClNO2S2. The number of nitrogens with zero attached hydrogens (tertiary/aromatic N) is 1. The first-order valence-corrected chi connectivity index (χ1v) is 10.8. The van der Waals surface area contributed by atoms with E-state index in [-0.39, 0.29) is 5.78 Å². The first-order chi connectivity index (χ1) is 13.6. The third-order valence-corrected chi connectivity index (χ3v) is 6.97. The minimum absolute atomic E-state index is 0.0428. The van der Waals surface area contributed by atoms with Gasteiger partial charge in [-0.25, -0.2) is 4.85 Å². The highest BCUT2D eigenvalue weighted by Gasteiger charge is 2.23. The van der Waals surface area contributed by atoms with Crippen LogP contribution in [0.5, 0.6) is 5.75 Å². The van der Waals surface area contributed by atoms with Crippen LogP contribution in [-0.4, -0.2) is 12.9 Å². The molecule has 0 atom stereocenters. The number of rotatable bonds is 7. The summed E-state index contributed by atoms with van der Waals surface area (Å²) in [6, 6.07) is 15.2. The molecule has 1 aromatic heterocycles. The largest absolute Gasteiger partial charge is 0.497 e. The van der Waals surface area contributed by atoms with Crippen LogP contribution in [0.25, 0.3) is 16.0 Å². The fourth-order valence-corrected chi connectivity index (χ4v) is 5.37. The van der Waals surface area contributed by atoms with Gasteiger partial charge in [-0.2, -0.15) is 0 Å². The van der Waals surface area contributed by atoms with Crippen LogP contribution < -0.4 is 4.74 Å². The number of methoxy groups -OCH3 is 1. The zero-order valence-corrected chi connectivity index (χ0v) is 17.9. The fourth-order valence-electron chi connectivity index (χ4n) is 2.74. The van der Waals surface area contributed by atoms with Crippen molar-refractivity contribution in [2.24, 2.45) is 0 Å². The Morgan fingerprint density at radius 1 is 1.25 bits per heavy atom. The molecule has 0 spiro atoms. The van der Waals surface area contributed by atoms with Gasteiger partial charge in [-0.3, -0.25) is 4.79 Å². The molecule has 0 aliphatic rings. The molecule has 0 bridgehead atoms. The van der Waals surface area contributed by atoms with Gasteiger partial charge in [0.1, 0.15) is 5.75 Å². The van der Waals surface area contributed by atoms with Gasteiger partial charge >= 0.3 is 0 Å². The van der Waals surface area contributed by atoms with Gasteiger partial charge in [0.25, 0.3) is 0 Å². The number of ketones is 1. The first-order valence-electron chi connectivity index (χ1n) is 8.66. The Labute approximate surface area is 178 Å². The van der Waals surface area contributed by atoms with Crippen LogP contribution in [0.2, 0.25) is 5.02 Å². The number of hydrogen-bond donors (Lipinski definition) is 0. The van der Waals surface area contributed by atoms with Gasteiger partial charge in [0.15, 0.2) is 5.78 Å². The van der Waals surface area contributed by atoms with Crippen molar-refractivity contribution in [3.63, 3.8) is 0 Å². The number of thiophene rings is 1. The summed E-state index contributed by atoms with van der Waals surface area (Å²) in [7, 11) is 1.64. The van der Waals surface area contributed by atoms with Crippen LogP contribution in [0.1, 0.15) is 28.6 Å². The highest BCUT2D eigenvalue weighted by atomic mass is 35.5. The zero-order valence-electron chi connectivity index (χ0n) is 15.5. The van der Waals surface area contributed by atoms with Gasteiger partial charge in [0.2, 0.25) is 5.69 Å². The number of Topliss-reactive ketones (excluding diaryl/α,β-unsaturated/α-hetero) is 1. The summed E-state index contributed by atoms with van der Waals surface area (Å²) >= 11 is 9.14. The highest BCUT2D eigenvalue weighted by molar-refractivity contribution is 8.00. The van der Waals surface area contributed by atoms with E-state index in [1.165, 1.54) is 11.3 Å². The van der Waals surface area contributed by atoms with E-state index in [9.17, 15) is 4.79 Å². The molecule has 3 rings (SSSR count).